The quantitative estimate of drug-likeness (QED) is 0.423. The Morgan fingerprint density at radius 3 is 1.93 bits per heavy atom. The highest BCUT2D eigenvalue weighted by Gasteiger charge is 1.97. The van der Waals surface area contributed by atoms with E-state index in [0.717, 1.165) is 12.2 Å². The highest BCUT2D eigenvalue weighted by Crippen LogP contribution is 2.10. The summed E-state index contributed by atoms with van der Waals surface area (Å²) in [6.45, 7) is 2.17. The number of thiol groups is 1. The first-order chi connectivity index (χ1) is 6.81. The van der Waals surface area contributed by atoms with Crippen LogP contribution in [0.4, 0.5) is 0 Å². The van der Waals surface area contributed by atoms with Gasteiger partial charge in [0.25, 0.3) is 0 Å². The van der Waals surface area contributed by atoms with Crippen LogP contribution in [0.5, 0.6) is 0 Å². The minimum Gasteiger partial charge on any atom is -0.328 e. The first-order valence-corrected chi connectivity index (χ1v) is 6.81. The predicted molar refractivity (Wildman–Crippen MR) is 69.1 cm³/mol. The van der Waals surface area contributed by atoms with Gasteiger partial charge in [-0.3, -0.25) is 0 Å². The van der Waals surface area contributed by atoms with E-state index in [4.69, 9.17) is 5.73 Å². The van der Waals surface area contributed by atoms with E-state index < -0.39 is 0 Å². The zero-order valence-electron chi connectivity index (χ0n) is 9.67. The number of hydrogen-bond acceptors (Lipinski definition) is 2. The van der Waals surface area contributed by atoms with Crippen LogP contribution in [0.25, 0.3) is 0 Å². The fraction of sp³-hybridized carbons (Fsp3) is 1.00. The van der Waals surface area contributed by atoms with E-state index >= 15 is 0 Å². The van der Waals surface area contributed by atoms with E-state index in [1.807, 2.05) is 0 Å². The van der Waals surface area contributed by atoms with Crippen LogP contribution in [-0.4, -0.2) is 11.8 Å². The molecule has 86 valence electrons. The van der Waals surface area contributed by atoms with Gasteiger partial charge in [0.2, 0.25) is 0 Å². The highest BCUT2D eigenvalue weighted by molar-refractivity contribution is 7.80. The second-order valence-corrected chi connectivity index (χ2v) is 4.60. The Morgan fingerprint density at radius 1 is 0.929 bits per heavy atom. The fourth-order valence-electron chi connectivity index (χ4n) is 1.61. The Balaban J connectivity index is 2.92. The van der Waals surface area contributed by atoms with Gasteiger partial charge in [-0.25, -0.2) is 0 Å². The minimum absolute atomic E-state index is 0.444. The van der Waals surface area contributed by atoms with Crippen molar-refractivity contribution in [2.45, 2.75) is 70.8 Å². The Hall–Kier alpha value is 0.310. The molecule has 0 rings (SSSR count). The second-order valence-electron chi connectivity index (χ2n) is 4.16. The molecule has 0 aromatic carbocycles. The maximum Gasteiger partial charge on any atom is 0.00362 e. The van der Waals surface area contributed by atoms with E-state index in [9.17, 15) is 0 Å². The van der Waals surface area contributed by atoms with Crippen LogP contribution in [0.2, 0.25) is 0 Å². The summed E-state index contributed by atoms with van der Waals surface area (Å²) in [6, 6.07) is 0.444. The van der Waals surface area contributed by atoms with Gasteiger partial charge in [0.1, 0.15) is 0 Å². The van der Waals surface area contributed by atoms with Gasteiger partial charge in [0.05, 0.1) is 0 Å². The molecular weight excluding hydrogens is 190 g/mol. The molecule has 14 heavy (non-hydrogen) atoms. The number of rotatable bonds is 10. The number of unbranched alkanes of at least 4 members (excludes halogenated alkanes) is 6. The smallest absolute Gasteiger partial charge is 0.00362 e. The molecule has 2 N–H and O–H groups in total. The monoisotopic (exact) mass is 217 g/mol. The van der Waals surface area contributed by atoms with Crippen molar-refractivity contribution in [2.24, 2.45) is 5.73 Å². The van der Waals surface area contributed by atoms with E-state index in [1.54, 1.807) is 0 Å². The molecule has 0 aliphatic heterocycles. The van der Waals surface area contributed by atoms with Crippen molar-refractivity contribution in [3.63, 3.8) is 0 Å². The summed E-state index contributed by atoms with van der Waals surface area (Å²) in [4.78, 5) is 0. The maximum atomic E-state index is 5.84. The van der Waals surface area contributed by atoms with E-state index in [2.05, 4.69) is 19.6 Å². The zero-order valence-corrected chi connectivity index (χ0v) is 10.6. The van der Waals surface area contributed by atoms with Crippen LogP contribution in [-0.2, 0) is 0 Å². The molecule has 0 saturated heterocycles. The number of hydrogen-bond donors (Lipinski definition) is 2. The van der Waals surface area contributed by atoms with Crippen LogP contribution >= 0.6 is 12.6 Å². The lowest BCUT2D eigenvalue weighted by Crippen LogP contribution is -2.17. The lowest BCUT2D eigenvalue weighted by atomic mass is 10.0. The molecule has 0 aliphatic carbocycles. The van der Waals surface area contributed by atoms with Gasteiger partial charge >= 0.3 is 0 Å². The summed E-state index contributed by atoms with van der Waals surface area (Å²) in [6.07, 6.45) is 11.9. The largest absolute Gasteiger partial charge is 0.328 e. The van der Waals surface area contributed by atoms with Gasteiger partial charge < -0.3 is 5.73 Å². The Kier molecular flexibility index (Phi) is 11.6. The topological polar surface area (TPSA) is 26.0 Å². The summed E-state index contributed by atoms with van der Waals surface area (Å²) < 4.78 is 0. The molecule has 0 heterocycles. The van der Waals surface area contributed by atoms with E-state index in [1.165, 1.54) is 51.4 Å². The second kappa shape index (κ2) is 11.4. The van der Waals surface area contributed by atoms with Crippen LogP contribution < -0.4 is 5.73 Å². The Morgan fingerprint density at radius 2 is 1.43 bits per heavy atom. The van der Waals surface area contributed by atoms with Crippen molar-refractivity contribution in [1.82, 2.24) is 0 Å². The summed E-state index contributed by atoms with van der Waals surface area (Å²) in [5, 5.41) is 0. The third kappa shape index (κ3) is 10.4. The van der Waals surface area contributed by atoms with E-state index in [-0.39, 0.29) is 0 Å². The summed E-state index contributed by atoms with van der Waals surface area (Å²) in [5.41, 5.74) is 5.84. The van der Waals surface area contributed by atoms with Gasteiger partial charge in [0, 0.05) is 6.04 Å². The summed E-state index contributed by atoms with van der Waals surface area (Å²) in [5.74, 6) is 1.05. The van der Waals surface area contributed by atoms with Crippen molar-refractivity contribution in [2.75, 3.05) is 5.75 Å². The van der Waals surface area contributed by atoms with Crippen LogP contribution in [0.3, 0.4) is 0 Å². The summed E-state index contributed by atoms with van der Waals surface area (Å²) in [7, 11) is 0. The molecule has 0 spiro atoms. The predicted octanol–water partition coefficient (Wildman–Crippen LogP) is 3.77. The van der Waals surface area contributed by atoms with Crippen molar-refractivity contribution < 1.29 is 0 Å². The molecular formula is C12H27NS. The first kappa shape index (κ1) is 14.3. The Bertz CT molecular complexity index is 106. The van der Waals surface area contributed by atoms with Crippen molar-refractivity contribution >= 4 is 12.6 Å². The van der Waals surface area contributed by atoms with Crippen LogP contribution in [0.1, 0.15) is 64.7 Å². The first-order valence-electron chi connectivity index (χ1n) is 6.17. The minimum atomic E-state index is 0.444. The molecule has 0 saturated carbocycles. The SMILES string of the molecule is CCC(N)CCCCCCCCCS. The zero-order chi connectivity index (χ0) is 10.6. The average Bonchev–Trinajstić information content (AvgIpc) is 2.21. The molecule has 2 heteroatoms. The van der Waals surface area contributed by atoms with Crippen molar-refractivity contribution in [3.05, 3.63) is 0 Å². The number of nitrogens with two attached hydrogens (primary N) is 1. The maximum absolute atomic E-state index is 5.84. The van der Waals surface area contributed by atoms with Crippen LogP contribution in [0, 0.1) is 0 Å². The summed E-state index contributed by atoms with van der Waals surface area (Å²) >= 11 is 4.20. The van der Waals surface area contributed by atoms with Crippen LogP contribution in [0.15, 0.2) is 0 Å². The standard InChI is InChI=1S/C12H27NS/c1-2-12(13)10-8-6-4-3-5-7-9-11-14/h12,14H,2-11,13H2,1H3. The normalized spacial score (nSPS) is 13.1. The molecule has 0 amide bonds. The van der Waals surface area contributed by atoms with Crippen molar-refractivity contribution in [3.8, 4) is 0 Å². The lowest BCUT2D eigenvalue weighted by Gasteiger charge is -2.07. The molecule has 0 aliphatic rings. The van der Waals surface area contributed by atoms with Gasteiger partial charge in [-0.05, 0) is 25.0 Å². The fourth-order valence-corrected chi connectivity index (χ4v) is 1.83. The molecule has 1 atom stereocenters. The highest BCUT2D eigenvalue weighted by atomic mass is 32.1. The molecule has 0 aromatic heterocycles. The van der Waals surface area contributed by atoms with Gasteiger partial charge in [-0.1, -0.05) is 45.4 Å². The third-order valence-electron chi connectivity index (χ3n) is 2.76. The molecule has 0 aromatic rings. The molecule has 0 radical (unpaired) electrons. The van der Waals surface area contributed by atoms with Gasteiger partial charge in [-0.2, -0.15) is 12.6 Å². The molecule has 1 unspecified atom stereocenters. The van der Waals surface area contributed by atoms with Crippen molar-refractivity contribution in [1.29, 1.82) is 0 Å². The lowest BCUT2D eigenvalue weighted by molar-refractivity contribution is 0.522. The molecule has 0 fully saturated rings. The Labute approximate surface area is 95.2 Å². The van der Waals surface area contributed by atoms with E-state index in [0.29, 0.717) is 6.04 Å². The molecule has 0 bridgehead atoms. The van der Waals surface area contributed by atoms with Gasteiger partial charge in [-0.15, -0.1) is 0 Å². The third-order valence-corrected chi connectivity index (χ3v) is 3.07. The molecule has 1 nitrogen and oxygen atoms in total. The average molecular weight is 217 g/mol. The van der Waals surface area contributed by atoms with Gasteiger partial charge in [0.15, 0.2) is 0 Å².